The van der Waals surface area contributed by atoms with Gasteiger partial charge < -0.3 is 10.6 Å². The van der Waals surface area contributed by atoms with Crippen LogP contribution in [0.1, 0.15) is 58.3 Å². The summed E-state index contributed by atoms with van der Waals surface area (Å²) in [6.45, 7) is 2.22. The van der Waals surface area contributed by atoms with Gasteiger partial charge in [0.1, 0.15) is 0 Å². The molecular formula is C15H27ClN2O. The molecule has 4 atom stereocenters. The number of hydrogen-bond donors (Lipinski definition) is 2. The molecule has 3 fully saturated rings. The Morgan fingerprint density at radius 3 is 2.53 bits per heavy atom. The maximum absolute atomic E-state index is 12.0. The molecule has 2 N–H and O–H groups in total. The summed E-state index contributed by atoms with van der Waals surface area (Å²) >= 11 is 0. The van der Waals surface area contributed by atoms with Crippen molar-refractivity contribution in [1.82, 2.24) is 10.6 Å². The first kappa shape index (κ1) is 15.1. The van der Waals surface area contributed by atoms with Gasteiger partial charge in [0.15, 0.2) is 0 Å². The Morgan fingerprint density at radius 1 is 1.21 bits per heavy atom. The SMILES string of the molecule is CCCC1CC1NC(=O)CC1CC2CCC(C1)N2.Cl. The topological polar surface area (TPSA) is 41.1 Å². The van der Waals surface area contributed by atoms with Gasteiger partial charge in [-0.25, -0.2) is 0 Å². The normalized spacial score (nSPS) is 39.5. The third-order valence-corrected chi connectivity index (χ3v) is 4.97. The molecule has 1 amide bonds. The van der Waals surface area contributed by atoms with Crippen molar-refractivity contribution in [3.8, 4) is 0 Å². The number of hydrogen-bond acceptors (Lipinski definition) is 2. The van der Waals surface area contributed by atoms with E-state index in [1.54, 1.807) is 0 Å². The summed E-state index contributed by atoms with van der Waals surface area (Å²) in [5.41, 5.74) is 0. The fraction of sp³-hybridized carbons (Fsp3) is 0.933. The molecular weight excluding hydrogens is 260 g/mol. The molecule has 4 unspecified atom stereocenters. The van der Waals surface area contributed by atoms with Crippen LogP contribution in [0.5, 0.6) is 0 Å². The molecule has 3 aliphatic rings. The summed E-state index contributed by atoms with van der Waals surface area (Å²) < 4.78 is 0. The van der Waals surface area contributed by atoms with Gasteiger partial charge in [-0.15, -0.1) is 12.4 Å². The molecule has 2 bridgehead atoms. The summed E-state index contributed by atoms with van der Waals surface area (Å²) in [4.78, 5) is 12.0. The molecule has 2 heterocycles. The highest BCUT2D eigenvalue weighted by atomic mass is 35.5. The van der Waals surface area contributed by atoms with Crippen LogP contribution >= 0.6 is 12.4 Å². The second-order valence-corrected chi connectivity index (χ2v) is 6.64. The number of halogens is 1. The molecule has 1 saturated carbocycles. The minimum Gasteiger partial charge on any atom is -0.353 e. The fourth-order valence-corrected chi connectivity index (χ4v) is 3.98. The van der Waals surface area contributed by atoms with Crippen LogP contribution in [-0.4, -0.2) is 24.0 Å². The molecule has 1 aliphatic carbocycles. The van der Waals surface area contributed by atoms with Crippen molar-refractivity contribution in [3.63, 3.8) is 0 Å². The Bertz CT molecular complexity index is 311. The van der Waals surface area contributed by atoms with Crippen molar-refractivity contribution in [2.75, 3.05) is 0 Å². The fourth-order valence-electron chi connectivity index (χ4n) is 3.98. The first-order valence-corrected chi connectivity index (χ1v) is 7.80. The third kappa shape index (κ3) is 3.85. The van der Waals surface area contributed by atoms with Crippen LogP contribution in [-0.2, 0) is 4.79 Å². The van der Waals surface area contributed by atoms with Crippen LogP contribution in [0.4, 0.5) is 0 Å². The highest BCUT2D eigenvalue weighted by Crippen LogP contribution is 2.36. The second-order valence-electron chi connectivity index (χ2n) is 6.64. The zero-order chi connectivity index (χ0) is 12.5. The van der Waals surface area contributed by atoms with Gasteiger partial charge in [-0.3, -0.25) is 4.79 Å². The lowest BCUT2D eigenvalue weighted by molar-refractivity contribution is -0.122. The van der Waals surface area contributed by atoms with Gasteiger partial charge in [-0.05, 0) is 50.4 Å². The summed E-state index contributed by atoms with van der Waals surface area (Å²) in [5.74, 6) is 1.72. The maximum atomic E-state index is 12.0. The third-order valence-electron chi connectivity index (χ3n) is 4.97. The molecule has 3 rings (SSSR count). The summed E-state index contributed by atoms with van der Waals surface area (Å²) in [5, 5.41) is 6.87. The lowest BCUT2D eigenvalue weighted by atomic mass is 9.89. The van der Waals surface area contributed by atoms with E-state index in [9.17, 15) is 4.79 Å². The number of carbonyl (C=O) groups is 1. The first-order valence-electron chi connectivity index (χ1n) is 7.80. The summed E-state index contributed by atoms with van der Waals surface area (Å²) in [6.07, 6.45) is 9.59. The van der Waals surface area contributed by atoms with Gasteiger partial charge in [-0.2, -0.15) is 0 Å². The highest BCUT2D eigenvalue weighted by Gasteiger charge is 2.38. The molecule has 3 nitrogen and oxygen atoms in total. The van der Waals surface area contributed by atoms with Gasteiger partial charge >= 0.3 is 0 Å². The van der Waals surface area contributed by atoms with Crippen molar-refractivity contribution in [2.45, 2.75) is 76.4 Å². The van der Waals surface area contributed by atoms with Crippen molar-refractivity contribution < 1.29 is 4.79 Å². The lowest BCUT2D eigenvalue weighted by Crippen LogP contribution is -2.40. The minimum atomic E-state index is 0. The smallest absolute Gasteiger partial charge is 0.220 e. The first-order chi connectivity index (χ1) is 8.74. The van der Waals surface area contributed by atoms with E-state index in [-0.39, 0.29) is 12.4 Å². The van der Waals surface area contributed by atoms with E-state index in [1.807, 2.05) is 0 Å². The van der Waals surface area contributed by atoms with E-state index in [0.29, 0.717) is 30.0 Å². The van der Waals surface area contributed by atoms with E-state index in [4.69, 9.17) is 0 Å². The van der Waals surface area contributed by atoms with E-state index >= 15 is 0 Å². The Balaban J connectivity index is 0.00000133. The van der Waals surface area contributed by atoms with E-state index in [2.05, 4.69) is 17.6 Å². The van der Waals surface area contributed by atoms with Gasteiger partial charge in [-0.1, -0.05) is 13.3 Å². The average molecular weight is 287 g/mol. The molecule has 4 heteroatoms. The number of carbonyl (C=O) groups excluding carboxylic acids is 1. The zero-order valence-corrected chi connectivity index (χ0v) is 12.7. The van der Waals surface area contributed by atoms with Crippen molar-refractivity contribution in [3.05, 3.63) is 0 Å². The summed E-state index contributed by atoms with van der Waals surface area (Å²) in [7, 11) is 0. The van der Waals surface area contributed by atoms with Gasteiger partial charge in [0.25, 0.3) is 0 Å². The number of fused-ring (bicyclic) bond motifs is 2. The standard InChI is InChI=1S/C15H26N2O.ClH/c1-2-3-11-9-14(11)17-15(18)8-10-6-12-4-5-13(7-10)16-12;/h10-14,16H,2-9H2,1H3,(H,17,18);1H. The van der Waals surface area contributed by atoms with Gasteiger partial charge in [0.2, 0.25) is 5.91 Å². The molecule has 2 aliphatic heterocycles. The molecule has 2 saturated heterocycles. The van der Waals surface area contributed by atoms with Gasteiger partial charge in [0, 0.05) is 24.5 Å². The predicted molar refractivity (Wildman–Crippen MR) is 79.5 cm³/mol. The Labute approximate surface area is 122 Å². The maximum Gasteiger partial charge on any atom is 0.220 e. The molecule has 0 aromatic carbocycles. The van der Waals surface area contributed by atoms with Crippen LogP contribution in [0.15, 0.2) is 0 Å². The average Bonchev–Trinajstić information content (AvgIpc) is 2.95. The Hall–Kier alpha value is -0.280. The highest BCUT2D eigenvalue weighted by molar-refractivity contribution is 5.85. The van der Waals surface area contributed by atoms with Crippen molar-refractivity contribution in [1.29, 1.82) is 0 Å². The number of piperidine rings is 1. The number of amides is 1. The van der Waals surface area contributed by atoms with E-state index in [0.717, 1.165) is 12.3 Å². The molecule has 0 radical (unpaired) electrons. The number of rotatable bonds is 5. The predicted octanol–water partition coefficient (Wildman–Crippen LogP) is 2.63. The van der Waals surface area contributed by atoms with Crippen LogP contribution in [0.2, 0.25) is 0 Å². The molecule has 19 heavy (non-hydrogen) atoms. The van der Waals surface area contributed by atoms with E-state index in [1.165, 1.54) is 44.9 Å². The Kier molecular flexibility index (Phi) is 5.13. The largest absolute Gasteiger partial charge is 0.353 e. The second kappa shape index (κ2) is 6.45. The monoisotopic (exact) mass is 286 g/mol. The molecule has 0 spiro atoms. The van der Waals surface area contributed by atoms with Crippen LogP contribution in [0.25, 0.3) is 0 Å². The van der Waals surface area contributed by atoms with Crippen molar-refractivity contribution >= 4 is 18.3 Å². The van der Waals surface area contributed by atoms with E-state index < -0.39 is 0 Å². The lowest BCUT2D eigenvalue weighted by Gasteiger charge is -2.28. The minimum absolute atomic E-state index is 0. The number of nitrogens with one attached hydrogen (secondary N) is 2. The zero-order valence-electron chi connectivity index (χ0n) is 11.9. The quantitative estimate of drug-likeness (QED) is 0.816. The molecule has 0 aromatic heterocycles. The van der Waals surface area contributed by atoms with Crippen LogP contribution in [0.3, 0.4) is 0 Å². The molecule has 0 aromatic rings. The Morgan fingerprint density at radius 2 is 1.89 bits per heavy atom. The van der Waals surface area contributed by atoms with Gasteiger partial charge in [0.05, 0.1) is 0 Å². The van der Waals surface area contributed by atoms with Crippen LogP contribution in [0, 0.1) is 11.8 Å². The van der Waals surface area contributed by atoms with Crippen molar-refractivity contribution in [2.24, 2.45) is 11.8 Å². The van der Waals surface area contributed by atoms with Crippen LogP contribution < -0.4 is 10.6 Å². The summed E-state index contributed by atoms with van der Waals surface area (Å²) in [6, 6.07) is 1.92. The molecule has 110 valence electrons.